The highest BCUT2D eigenvalue weighted by Crippen LogP contribution is 2.33. The number of ether oxygens (including phenoxy) is 2. The third-order valence-electron chi connectivity index (χ3n) is 4.56. The summed E-state index contributed by atoms with van der Waals surface area (Å²) in [6.45, 7) is 4.65. The zero-order chi connectivity index (χ0) is 21.8. The molecular weight excluding hydrogens is 388 g/mol. The van der Waals surface area contributed by atoms with Gasteiger partial charge >= 0.3 is 0 Å². The lowest BCUT2D eigenvalue weighted by atomic mass is 9.94. The highest BCUT2D eigenvalue weighted by molar-refractivity contribution is 6.31. The summed E-state index contributed by atoms with van der Waals surface area (Å²) in [5, 5.41) is 17.8. The molecule has 2 aromatic rings. The molecule has 1 heterocycles. The van der Waals surface area contributed by atoms with Gasteiger partial charge in [0.1, 0.15) is 5.75 Å². The molecule has 1 saturated heterocycles. The van der Waals surface area contributed by atoms with E-state index in [1.807, 2.05) is 38.1 Å². The summed E-state index contributed by atoms with van der Waals surface area (Å²) in [6.07, 6.45) is 9.77. The molecule has 0 radical (unpaired) electrons. The predicted octanol–water partition coefficient (Wildman–Crippen LogP) is 4.79. The number of halogens is 1. The van der Waals surface area contributed by atoms with E-state index in [1.54, 1.807) is 0 Å². The molecule has 0 unspecified atom stereocenters. The van der Waals surface area contributed by atoms with E-state index in [0.717, 1.165) is 35.4 Å². The monoisotopic (exact) mass is 418 g/mol. The van der Waals surface area contributed by atoms with Crippen LogP contribution in [0.1, 0.15) is 49.5 Å². The van der Waals surface area contributed by atoms with Crippen LogP contribution in [0, 0.1) is 12.8 Å². The van der Waals surface area contributed by atoms with Crippen molar-refractivity contribution in [2.24, 2.45) is 0 Å². The average molecular weight is 419 g/mol. The van der Waals surface area contributed by atoms with Gasteiger partial charge in [0.05, 0.1) is 24.9 Å². The van der Waals surface area contributed by atoms with Gasteiger partial charge in [0.25, 0.3) is 0 Å². The Morgan fingerprint density at radius 2 is 1.76 bits per heavy atom. The van der Waals surface area contributed by atoms with Gasteiger partial charge in [-0.2, -0.15) is 0 Å². The summed E-state index contributed by atoms with van der Waals surface area (Å²) < 4.78 is 11.5. The molecule has 2 N–H and O–H groups in total. The van der Waals surface area contributed by atoms with Gasteiger partial charge in [0, 0.05) is 18.6 Å². The normalized spacial score (nSPS) is 20.5. The summed E-state index contributed by atoms with van der Waals surface area (Å²) in [7, 11) is 1.00. The molecule has 0 amide bonds. The Bertz CT molecular complexity index is 732. The quantitative estimate of drug-likeness (QED) is 0.685. The molecule has 0 spiro atoms. The number of hydrogen-bond acceptors (Lipinski definition) is 4. The molecule has 3 atom stereocenters. The second-order valence-electron chi connectivity index (χ2n) is 6.67. The minimum absolute atomic E-state index is 0.0685. The number of aliphatic hydroxyl groups is 2. The zero-order valence-electron chi connectivity index (χ0n) is 17.3. The second-order valence-corrected chi connectivity index (χ2v) is 7.07. The Balaban J connectivity index is 0.000000989. The predicted molar refractivity (Wildman–Crippen MR) is 118 cm³/mol. The van der Waals surface area contributed by atoms with Crippen LogP contribution in [-0.4, -0.2) is 36.1 Å². The van der Waals surface area contributed by atoms with Crippen molar-refractivity contribution in [2.45, 2.75) is 51.4 Å². The lowest BCUT2D eigenvalue weighted by Crippen LogP contribution is -2.29. The highest BCUT2D eigenvalue weighted by atomic mass is 35.5. The molecule has 1 aliphatic heterocycles. The lowest BCUT2D eigenvalue weighted by Gasteiger charge is -2.31. The van der Waals surface area contributed by atoms with Gasteiger partial charge in [-0.25, -0.2) is 0 Å². The number of hydrogen-bond donors (Lipinski definition) is 2. The molecule has 29 heavy (non-hydrogen) atoms. The first kappa shape index (κ1) is 25.0. The fourth-order valence-electron chi connectivity index (χ4n) is 3.35. The Hall–Kier alpha value is -2.03. The first-order valence-corrected chi connectivity index (χ1v) is 10.0. The van der Waals surface area contributed by atoms with Crippen molar-refractivity contribution in [1.29, 1.82) is 0 Å². The van der Waals surface area contributed by atoms with Gasteiger partial charge in [0.2, 0.25) is 0 Å². The van der Waals surface area contributed by atoms with E-state index < -0.39 is 0 Å². The third-order valence-corrected chi connectivity index (χ3v) is 4.93. The second kappa shape index (κ2) is 13.2. The van der Waals surface area contributed by atoms with Crippen molar-refractivity contribution < 1.29 is 19.7 Å². The summed E-state index contributed by atoms with van der Waals surface area (Å²) in [6, 6.07) is 14.1. The van der Waals surface area contributed by atoms with Gasteiger partial charge in [-0.05, 0) is 61.6 Å². The Labute approximate surface area is 179 Å². The van der Waals surface area contributed by atoms with Crippen molar-refractivity contribution in [2.75, 3.05) is 13.7 Å². The average Bonchev–Trinajstić information content (AvgIpc) is 2.73. The van der Waals surface area contributed by atoms with Crippen LogP contribution in [0.15, 0.2) is 42.5 Å². The van der Waals surface area contributed by atoms with Gasteiger partial charge < -0.3 is 19.7 Å². The van der Waals surface area contributed by atoms with Crippen LogP contribution in [-0.2, 0) is 11.2 Å². The molecule has 0 aliphatic carbocycles. The van der Waals surface area contributed by atoms with Crippen LogP contribution in [0.4, 0.5) is 0 Å². The Morgan fingerprint density at radius 1 is 1.10 bits per heavy atom. The third kappa shape index (κ3) is 7.72. The van der Waals surface area contributed by atoms with Crippen LogP contribution >= 0.6 is 11.6 Å². The molecule has 1 aliphatic rings. The maximum absolute atomic E-state index is 10.0. The molecule has 0 bridgehead atoms. The van der Waals surface area contributed by atoms with Crippen LogP contribution in [0.3, 0.4) is 0 Å². The van der Waals surface area contributed by atoms with Crippen LogP contribution < -0.4 is 4.74 Å². The maximum Gasteiger partial charge on any atom is 0.119 e. The topological polar surface area (TPSA) is 58.9 Å². The molecule has 5 heteroatoms. The van der Waals surface area contributed by atoms with E-state index in [0.29, 0.717) is 19.4 Å². The number of aliphatic hydroxyl groups excluding tert-OH is 2. The molecule has 2 aromatic carbocycles. The van der Waals surface area contributed by atoms with Crippen molar-refractivity contribution in [3.63, 3.8) is 0 Å². The number of benzene rings is 2. The van der Waals surface area contributed by atoms with Crippen molar-refractivity contribution in [1.82, 2.24) is 0 Å². The smallest absolute Gasteiger partial charge is 0.119 e. The lowest BCUT2D eigenvalue weighted by molar-refractivity contribution is -0.0895. The van der Waals surface area contributed by atoms with Crippen molar-refractivity contribution in [3.05, 3.63) is 64.2 Å². The van der Waals surface area contributed by atoms with E-state index in [4.69, 9.17) is 26.2 Å². The molecule has 1 fully saturated rings. The molecule has 0 aromatic heterocycles. The largest absolute Gasteiger partial charge is 0.494 e. The fourth-order valence-corrected chi connectivity index (χ4v) is 3.54. The Kier molecular flexibility index (Phi) is 11.4. The van der Waals surface area contributed by atoms with Crippen molar-refractivity contribution in [3.8, 4) is 18.6 Å². The summed E-state index contributed by atoms with van der Waals surface area (Å²) in [4.78, 5) is 0. The van der Waals surface area contributed by atoms with Gasteiger partial charge in [-0.3, -0.25) is 0 Å². The summed E-state index contributed by atoms with van der Waals surface area (Å²) in [5.41, 5.74) is 3.33. The van der Waals surface area contributed by atoms with Crippen LogP contribution in [0.2, 0.25) is 5.02 Å². The zero-order valence-corrected chi connectivity index (χ0v) is 18.1. The molecular formula is C24H31ClO4. The Morgan fingerprint density at radius 3 is 2.34 bits per heavy atom. The first-order chi connectivity index (χ1) is 14.0. The van der Waals surface area contributed by atoms with Crippen LogP contribution in [0.25, 0.3) is 0 Å². The van der Waals surface area contributed by atoms with E-state index in [9.17, 15) is 5.11 Å². The maximum atomic E-state index is 10.0. The molecule has 4 nitrogen and oxygen atoms in total. The first-order valence-electron chi connectivity index (χ1n) is 9.66. The van der Waals surface area contributed by atoms with E-state index in [-0.39, 0.29) is 18.3 Å². The fraction of sp³-hybridized carbons (Fsp3) is 0.417. The van der Waals surface area contributed by atoms with Crippen molar-refractivity contribution >= 4 is 11.6 Å². The molecule has 0 saturated carbocycles. The number of rotatable bonds is 5. The van der Waals surface area contributed by atoms with Gasteiger partial charge in [-0.15, -0.1) is 12.8 Å². The molecule has 3 rings (SSSR count). The highest BCUT2D eigenvalue weighted by Gasteiger charge is 2.27. The summed E-state index contributed by atoms with van der Waals surface area (Å²) >= 11 is 6.41. The van der Waals surface area contributed by atoms with E-state index in [1.165, 1.54) is 5.56 Å². The number of terminal acetylenes is 1. The van der Waals surface area contributed by atoms with Crippen LogP contribution in [0.5, 0.6) is 5.75 Å². The summed E-state index contributed by atoms with van der Waals surface area (Å²) in [5.74, 6) is 0.879. The minimum atomic E-state index is -0.306. The van der Waals surface area contributed by atoms with E-state index in [2.05, 4.69) is 31.0 Å². The molecule has 158 valence electrons. The van der Waals surface area contributed by atoms with Gasteiger partial charge in [-0.1, -0.05) is 35.9 Å². The minimum Gasteiger partial charge on any atom is -0.494 e. The standard InChI is InChI=1S/C21H25ClO3.C2H2.CH4O/c1-3-24-19-7-4-15(5-8-19)11-17-12-16(6-9-20(17)22)21-13-18(23)10-14(2)25-21;2*1-2/h4-9,12,14,18,21,23H,3,10-11,13H2,1-2H3;1-2H;2H,1H3/t14-,18+,21-;;/m1../s1. The van der Waals surface area contributed by atoms with Gasteiger partial charge in [0.15, 0.2) is 0 Å². The van der Waals surface area contributed by atoms with E-state index >= 15 is 0 Å². The SMILES string of the molecule is C#C.CCOc1ccc(Cc2cc([C@H]3C[C@@H](O)C[C@@H](C)O3)ccc2Cl)cc1.CO.